The van der Waals surface area contributed by atoms with Crippen LogP contribution in [0.25, 0.3) is 0 Å². The van der Waals surface area contributed by atoms with Crippen LogP contribution in [0.3, 0.4) is 0 Å². The Bertz CT molecular complexity index is 359. The van der Waals surface area contributed by atoms with Crippen LogP contribution in [0.5, 0.6) is 5.75 Å². The summed E-state index contributed by atoms with van der Waals surface area (Å²) in [5.74, 6) is 0.844. The zero-order valence-corrected chi connectivity index (χ0v) is 8.64. The smallest absolute Gasteiger partial charge is 0.157 e. The van der Waals surface area contributed by atoms with Crippen molar-refractivity contribution in [2.75, 3.05) is 13.7 Å². The molecule has 4 heteroatoms. The molecule has 80 valence electrons. The molecule has 2 N–H and O–H groups in total. The van der Waals surface area contributed by atoms with Crippen LogP contribution >= 0.6 is 0 Å². The second-order valence-corrected chi connectivity index (χ2v) is 3.43. The summed E-state index contributed by atoms with van der Waals surface area (Å²) in [7, 11) is 1.65. The Kier molecular flexibility index (Phi) is 2.87. The van der Waals surface area contributed by atoms with Crippen LogP contribution in [0.15, 0.2) is 29.4 Å². The maximum Gasteiger partial charge on any atom is 0.157 e. The van der Waals surface area contributed by atoms with Crippen molar-refractivity contribution in [2.45, 2.75) is 12.5 Å². The van der Waals surface area contributed by atoms with Gasteiger partial charge in [-0.15, -0.1) is 0 Å². The van der Waals surface area contributed by atoms with Gasteiger partial charge in [-0.05, 0) is 17.7 Å². The van der Waals surface area contributed by atoms with Crippen LogP contribution in [0.4, 0.5) is 0 Å². The van der Waals surface area contributed by atoms with Crippen molar-refractivity contribution >= 4 is 5.71 Å². The minimum Gasteiger partial charge on any atom is -0.497 e. The SMILES string of the molecule is COc1ccc([C@H]2CC(CN)=NO2)cc1. The van der Waals surface area contributed by atoms with Crippen molar-refractivity contribution in [1.82, 2.24) is 0 Å². The number of ether oxygens (including phenoxy) is 1. The molecule has 0 fully saturated rings. The molecule has 1 aliphatic rings. The number of rotatable bonds is 3. The highest BCUT2D eigenvalue weighted by Gasteiger charge is 2.21. The predicted molar refractivity (Wildman–Crippen MR) is 57.9 cm³/mol. The van der Waals surface area contributed by atoms with E-state index in [1.54, 1.807) is 7.11 Å². The fourth-order valence-electron chi connectivity index (χ4n) is 1.54. The molecule has 1 atom stereocenters. The Hall–Kier alpha value is -1.55. The van der Waals surface area contributed by atoms with E-state index in [-0.39, 0.29) is 6.10 Å². The maximum atomic E-state index is 5.49. The zero-order valence-electron chi connectivity index (χ0n) is 8.64. The third kappa shape index (κ3) is 2.10. The second kappa shape index (κ2) is 4.31. The maximum absolute atomic E-state index is 5.49. The molecule has 0 radical (unpaired) electrons. The first kappa shape index (κ1) is 9.98. The first-order chi connectivity index (χ1) is 7.33. The summed E-state index contributed by atoms with van der Waals surface area (Å²) in [4.78, 5) is 5.28. The van der Waals surface area contributed by atoms with E-state index in [0.29, 0.717) is 6.54 Å². The fourth-order valence-corrected chi connectivity index (χ4v) is 1.54. The quantitative estimate of drug-likeness (QED) is 0.814. The second-order valence-electron chi connectivity index (χ2n) is 3.43. The lowest BCUT2D eigenvalue weighted by molar-refractivity contribution is 0.0857. The summed E-state index contributed by atoms with van der Waals surface area (Å²) >= 11 is 0. The summed E-state index contributed by atoms with van der Waals surface area (Å²) in [6, 6.07) is 7.80. The van der Waals surface area contributed by atoms with Crippen LogP contribution in [-0.2, 0) is 4.84 Å². The number of oxime groups is 1. The van der Waals surface area contributed by atoms with Gasteiger partial charge in [-0.1, -0.05) is 17.3 Å². The number of hydrogen-bond acceptors (Lipinski definition) is 4. The molecule has 0 spiro atoms. The number of benzene rings is 1. The van der Waals surface area contributed by atoms with E-state index in [1.165, 1.54) is 0 Å². The van der Waals surface area contributed by atoms with Crippen molar-refractivity contribution in [2.24, 2.45) is 10.9 Å². The van der Waals surface area contributed by atoms with Crippen molar-refractivity contribution in [3.8, 4) is 5.75 Å². The summed E-state index contributed by atoms with van der Waals surface area (Å²) in [5.41, 5.74) is 7.50. The number of nitrogens with zero attached hydrogens (tertiary/aromatic N) is 1. The standard InChI is InChI=1S/C11H14N2O2/c1-14-10-4-2-8(3-5-10)11-6-9(7-12)13-15-11/h2-5,11H,6-7,12H2,1H3/t11-/m1/s1. The van der Waals surface area contributed by atoms with Gasteiger partial charge in [0.05, 0.1) is 12.8 Å². The predicted octanol–water partition coefficient (Wildman–Crippen LogP) is 1.47. The van der Waals surface area contributed by atoms with Gasteiger partial charge >= 0.3 is 0 Å². The van der Waals surface area contributed by atoms with Gasteiger partial charge in [-0.2, -0.15) is 0 Å². The van der Waals surface area contributed by atoms with E-state index in [9.17, 15) is 0 Å². The van der Waals surface area contributed by atoms with Gasteiger partial charge in [-0.3, -0.25) is 0 Å². The van der Waals surface area contributed by atoms with Gasteiger partial charge in [0.1, 0.15) is 5.75 Å². The molecule has 15 heavy (non-hydrogen) atoms. The number of hydrogen-bond donors (Lipinski definition) is 1. The average molecular weight is 206 g/mol. The monoisotopic (exact) mass is 206 g/mol. The van der Waals surface area contributed by atoms with Crippen molar-refractivity contribution in [3.63, 3.8) is 0 Å². The first-order valence-corrected chi connectivity index (χ1v) is 4.89. The Labute approximate surface area is 88.7 Å². The van der Waals surface area contributed by atoms with Crippen LogP contribution in [0, 0.1) is 0 Å². The summed E-state index contributed by atoms with van der Waals surface area (Å²) in [6.07, 6.45) is 0.789. The molecule has 1 aromatic carbocycles. The van der Waals surface area contributed by atoms with Crippen LogP contribution in [0.1, 0.15) is 18.1 Å². The molecule has 1 aromatic rings. The Morgan fingerprint density at radius 1 is 1.47 bits per heavy atom. The van der Waals surface area contributed by atoms with Crippen molar-refractivity contribution < 1.29 is 9.57 Å². The summed E-state index contributed by atoms with van der Waals surface area (Å²) < 4.78 is 5.08. The summed E-state index contributed by atoms with van der Waals surface area (Å²) in [5, 5.41) is 3.91. The molecule has 0 aliphatic carbocycles. The molecule has 0 aromatic heterocycles. The van der Waals surface area contributed by atoms with E-state index in [0.717, 1.165) is 23.4 Å². The van der Waals surface area contributed by atoms with E-state index in [1.807, 2.05) is 24.3 Å². The van der Waals surface area contributed by atoms with Crippen molar-refractivity contribution in [3.05, 3.63) is 29.8 Å². The zero-order chi connectivity index (χ0) is 10.7. The van der Waals surface area contributed by atoms with Crippen LogP contribution < -0.4 is 10.5 Å². The largest absolute Gasteiger partial charge is 0.497 e. The lowest BCUT2D eigenvalue weighted by Crippen LogP contribution is -2.12. The molecule has 1 aliphatic heterocycles. The Morgan fingerprint density at radius 3 is 2.73 bits per heavy atom. The number of nitrogens with two attached hydrogens (primary N) is 1. The highest BCUT2D eigenvalue weighted by Crippen LogP contribution is 2.27. The van der Waals surface area contributed by atoms with Gasteiger partial charge in [0.2, 0.25) is 0 Å². The lowest BCUT2D eigenvalue weighted by atomic mass is 10.0. The van der Waals surface area contributed by atoms with Crippen molar-refractivity contribution in [1.29, 1.82) is 0 Å². The van der Waals surface area contributed by atoms with E-state index in [4.69, 9.17) is 15.3 Å². The van der Waals surface area contributed by atoms with E-state index < -0.39 is 0 Å². The molecule has 0 saturated carbocycles. The fraction of sp³-hybridized carbons (Fsp3) is 0.364. The molecule has 0 amide bonds. The highest BCUT2D eigenvalue weighted by atomic mass is 16.6. The minimum absolute atomic E-state index is 0.00876. The molecule has 0 unspecified atom stereocenters. The van der Waals surface area contributed by atoms with Crippen LogP contribution in [0.2, 0.25) is 0 Å². The first-order valence-electron chi connectivity index (χ1n) is 4.89. The topological polar surface area (TPSA) is 56.8 Å². The molecular weight excluding hydrogens is 192 g/mol. The Balaban J connectivity index is 2.05. The van der Waals surface area contributed by atoms with Gasteiger partial charge in [0.15, 0.2) is 6.10 Å². The van der Waals surface area contributed by atoms with Gasteiger partial charge < -0.3 is 15.3 Å². The van der Waals surface area contributed by atoms with Crippen LogP contribution in [-0.4, -0.2) is 19.4 Å². The van der Waals surface area contributed by atoms with E-state index >= 15 is 0 Å². The summed E-state index contributed by atoms with van der Waals surface area (Å²) in [6.45, 7) is 0.465. The third-order valence-corrected chi connectivity index (χ3v) is 2.45. The third-order valence-electron chi connectivity index (χ3n) is 2.45. The van der Waals surface area contributed by atoms with Gasteiger partial charge in [-0.25, -0.2) is 0 Å². The minimum atomic E-state index is 0.00876. The van der Waals surface area contributed by atoms with Gasteiger partial charge in [0, 0.05) is 13.0 Å². The van der Waals surface area contributed by atoms with Gasteiger partial charge in [0.25, 0.3) is 0 Å². The average Bonchev–Trinajstić information content (AvgIpc) is 2.78. The van der Waals surface area contributed by atoms with E-state index in [2.05, 4.69) is 5.16 Å². The lowest BCUT2D eigenvalue weighted by Gasteiger charge is -2.08. The molecule has 4 nitrogen and oxygen atoms in total. The number of methoxy groups -OCH3 is 1. The Morgan fingerprint density at radius 2 is 2.20 bits per heavy atom. The molecular formula is C11H14N2O2. The molecule has 1 heterocycles. The molecule has 2 rings (SSSR count). The normalized spacial score (nSPS) is 19.6. The molecule has 0 bridgehead atoms. The highest BCUT2D eigenvalue weighted by molar-refractivity contribution is 5.87. The molecule has 0 saturated heterocycles.